The van der Waals surface area contributed by atoms with Crippen LogP contribution in [0.25, 0.3) is 10.8 Å². The summed E-state index contributed by atoms with van der Waals surface area (Å²) in [5.41, 5.74) is 11.7. The molecule has 0 radical (unpaired) electrons. The van der Waals surface area contributed by atoms with Gasteiger partial charge in [0.05, 0.1) is 22.8 Å². The predicted molar refractivity (Wildman–Crippen MR) is 168 cm³/mol. The van der Waals surface area contributed by atoms with Gasteiger partial charge in [-0.05, 0) is 52.3 Å². The Morgan fingerprint density at radius 1 is 0.615 bits per heavy atom. The summed E-state index contributed by atoms with van der Waals surface area (Å²) in [5.74, 6) is 0.786. The van der Waals surface area contributed by atoms with Crippen LogP contribution in [0.4, 0.5) is 11.4 Å². The van der Waals surface area contributed by atoms with E-state index in [1.165, 1.54) is 44.2 Å². The van der Waals surface area contributed by atoms with Crippen molar-refractivity contribution in [3.63, 3.8) is 0 Å². The number of hydrogen-bond acceptors (Lipinski definition) is 2. The normalized spacial score (nSPS) is 14.6. The van der Waals surface area contributed by atoms with Crippen LogP contribution in [-0.4, -0.2) is 11.4 Å². The zero-order valence-corrected chi connectivity index (χ0v) is 26.0. The number of para-hydroxylation sites is 2. The van der Waals surface area contributed by atoms with E-state index in [1.807, 2.05) is 0 Å². The van der Waals surface area contributed by atoms with Gasteiger partial charge in [-0.25, -0.2) is 9.98 Å². The fraction of sp³-hybridized carbons (Fsp3) is 0.294. The third kappa shape index (κ3) is 6.02. The van der Waals surface area contributed by atoms with E-state index in [1.54, 1.807) is 0 Å². The third-order valence-electron chi connectivity index (χ3n) is 7.39. The maximum atomic E-state index is 5.48. The summed E-state index contributed by atoms with van der Waals surface area (Å²) in [6.07, 6.45) is 1.90. The zero-order valence-electron chi connectivity index (χ0n) is 23.5. The second kappa shape index (κ2) is 13.3. The second-order valence-corrected chi connectivity index (χ2v) is 12.0. The molecular weight excluding hydrogens is 566 g/mol. The first-order valence-electron chi connectivity index (χ1n) is 13.6. The van der Waals surface area contributed by atoms with Gasteiger partial charge in [-0.2, -0.15) is 0 Å². The van der Waals surface area contributed by atoms with Gasteiger partial charge >= 0.3 is 33.0 Å². The molecule has 0 spiro atoms. The van der Waals surface area contributed by atoms with E-state index in [9.17, 15) is 0 Å². The molecule has 0 N–H and O–H groups in total. The van der Waals surface area contributed by atoms with E-state index < -0.39 is 0 Å². The number of nitrogens with zero attached hydrogens (tertiary/aromatic N) is 2. The van der Waals surface area contributed by atoms with Crippen molar-refractivity contribution in [2.45, 2.75) is 66.2 Å². The minimum atomic E-state index is 0.393. The molecular formula is C34H36Cl2N2Ni. The summed E-state index contributed by atoms with van der Waals surface area (Å²) in [6.45, 7) is 13.4. The average molecular weight is 602 g/mol. The van der Waals surface area contributed by atoms with Crippen LogP contribution in [0.2, 0.25) is 0 Å². The van der Waals surface area contributed by atoms with Crippen LogP contribution in [-0.2, 0) is 25.5 Å². The van der Waals surface area contributed by atoms with Crippen molar-refractivity contribution in [3.05, 3.63) is 106 Å². The van der Waals surface area contributed by atoms with Crippen molar-refractivity contribution in [1.29, 1.82) is 0 Å². The first-order valence-corrected chi connectivity index (χ1v) is 16.3. The summed E-state index contributed by atoms with van der Waals surface area (Å²) in [7, 11) is 9.40. The Bertz CT molecular complexity index is 1430. The topological polar surface area (TPSA) is 24.7 Å². The Morgan fingerprint density at radius 2 is 1.00 bits per heavy atom. The Hall–Kier alpha value is -2.45. The molecule has 39 heavy (non-hydrogen) atoms. The van der Waals surface area contributed by atoms with Gasteiger partial charge in [0, 0.05) is 16.5 Å². The van der Waals surface area contributed by atoms with E-state index >= 15 is 0 Å². The predicted octanol–water partition coefficient (Wildman–Crippen LogP) is 10.8. The fourth-order valence-corrected chi connectivity index (χ4v) is 5.44. The maximum absolute atomic E-state index is 5.48. The molecule has 0 unspecified atom stereocenters. The Labute approximate surface area is 247 Å². The summed E-state index contributed by atoms with van der Waals surface area (Å²) in [6, 6.07) is 26.3. The van der Waals surface area contributed by atoms with Gasteiger partial charge in [0.15, 0.2) is 0 Å². The van der Waals surface area contributed by atoms with E-state index in [0.29, 0.717) is 24.5 Å². The van der Waals surface area contributed by atoms with E-state index in [2.05, 4.69) is 114 Å². The molecule has 0 heterocycles. The zero-order chi connectivity index (χ0) is 28.1. The molecule has 5 rings (SSSR count). The molecule has 0 saturated carbocycles. The molecule has 2 nitrogen and oxygen atoms in total. The van der Waals surface area contributed by atoms with Gasteiger partial charge in [0.2, 0.25) is 0 Å². The summed E-state index contributed by atoms with van der Waals surface area (Å²) < 4.78 is 0. The monoisotopic (exact) mass is 600 g/mol. The Kier molecular flexibility index (Phi) is 10.1. The Balaban J connectivity index is 0.00000112. The Morgan fingerprint density at radius 3 is 1.36 bits per heavy atom. The minimum absolute atomic E-state index is 0.393. The van der Waals surface area contributed by atoms with E-state index in [-0.39, 0.29) is 0 Å². The average Bonchev–Trinajstić information content (AvgIpc) is 3.23. The molecule has 0 bridgehead atoms. The van der Waals surface area contributed by atoms with Crippen molar-refractivity contribution in [2.24, 2.45) is 9.98 Å². The van der Waals surface area contributed by atoms with Crippen LogP contribution in [0.3, 0.4) is 0 Å². The number of halogens is 2. The fourth-order valence-electron chi connectivity index (χ4n) is 5.44. The van der Waals surface area contributed by atoms with Gasteiger partial charge in [-0.1, -0.05) is 114 Å². The molecule has 5 heteroatoms. The van der Waals surface area contributed by atoms with E-state index in [4.69, 9.17) is 30.4 Å². The molecule has 0 amide bonds. The third-order valence-corrected chi connectivity index (χ3v) is 7.39. The van der Waals surface area contributed by atoms with Crippen molar-refractivity contribution >= 4 is 54.0 Å². The van der Waals surface area contributed by atoms with Crippen LogP contribution in [0.1, 0.15) is 86.8 Å². The first-order chi connectivity index (χ1) is 18.9. The van der Waals surface area contributed by atoms with Gasteiger partial charge in [-0.3, -0.25) is 0 Å². The van der Waals surface area contributed by atoms with Gasteiger partial charge < -0.3 is 0 Å². The van der Waals surface area contributed by atoms with Crippen molar-refractivity contribution in [3.8, 4) is 0 Å². The molecule has 0 aromatic heterocycles. The van der Waals surface area contributed by atoms with Gasteiger partial charge in [-0.15, -0.1) is 0 Å². The molecule has 0 atom stereocenters. The van der Waals surface area contributed by atoms with Crippen LogP contribution in [0.5, 0.6) is 0 Å². The van der Waals surface area contributed by atoms with Crippen molar-refractivity contribution in [2.75, 3.05) is 0 Å². The van der Waals surface area contributed by atoms with E-state index in [0.717, 1.165) is 35.6 Å². The molecule has 0 aliphatic heterocycles. The molecule has 0 saturated heterocycles. The molecule has 4 aromatic rings. The van der Waals surface area contributed by atoms with Crippen molar-refractivity contribution in [1.82, 2.24) is 0 Å². The van der Waals surface area contributed by atoms with Crippen LogP contribution in [0, 0.1) is 0 Å². The number of hydrogen-bond donors (Lipinski definition) is 0. The second-order valence-electron chi connectivity index (χ2n) is 10.4. The van der Waals surface area contributed by atoms with Crippen LogP contribution < -0.4 is 0 Å². The molecule has 1 aliphatic rings. The van der Waals surface area contributed by atoms with Crippen molar-refractivity contribution < 1.29 is 12.7 Å². The number of rotatable bonds is 6. The van der Waals surface area contributed by atoms with Crippen LogP contribution >= 0.6 is 20.4 Å². The number of benzene rings is 4. The molecule has 0 fully saturated rings. The summed E-state index contributed by atoms with van der Waals surface area (Å²) in [4.78, 5) is 11.0. The molecule has 206 valence electrons. The summed E-state index contributed by atoms with van der Waals surface area (Å²) >= 11 is 0.569. The van der Waals surface area contributed by atoms with Gasteiger partial charge in [0.25, 0.3) is 0 Å². The standard InChI is InChI=1S/C34H36N2.2ClH.Ni/c1-7-23-13-9-17-26(21(3)4)31(23)35-33-28-19-11-15-25-16-12-20-29(30(25)28)34(33)36-32-24(8-2)14-10-18-27(32)22(5)6;;;/h9-22H,7-8H2,1-6H3;2*1H;/q;;;+2/p-2. The van der Waals surface area contributed by atoms with Crippen LogP contribution in [0.15, 0.2) is 82.8 Å². The SMILES string of the molecule is CCc1cccc(C(C)C)c1N=C1C(=Nc2c(CC)cccc2C(C)C)c2cccc3cccc1c23.[Cl][Ni][Cl]. The summed E-state index contributed by atoms with van der Waals surface area (Å²) in [5, 5.41) is 2.50. The quantitative estimate of drug-likeness (QED) is 0.196. The first kappa shape index (κ1) is 29.5. The number of aliphatic imine (C=N–C) groups is 2. The molecule has 1 aliphatic carbocycles. The molecule has 4 aromatic carbocycles. The number of aryl methyl sites for hydroxylation is 2. The van der Waals surface area contributed by atoms with Gasteiger partial charge in [0.1, 0.15) is 0 Å².